The molecule has 5 nitrogen and oxygen atoms in total. The molecule has 1 amide bonds. The molecule has 1 N–H and O–H groups in total. The van der Waals surface area contributed by atoms with E-state index in [4.69, 9.17) is 0 Å². The Bertz CT molecular complexity index is 458. The second kappa shape index (κ2) is 4.76. The van der Waals surface area contributed by atoms with Crippen LogP contribution in [-0.4, -0.2) is 37.3 Å². The molecule has 1 aliphatic heterocycles. The first-order valence-corrected chi connectivity index (χ1v) is 5.97. The summed E-state index contributed by atoms with van der Waals surface area (Å²) in [6.45, 7) is 3.42. The first kappa shape index (κ1) is 12.5. The van der Waals surface area contributed by atoms with Crippen molar-refractivity contribution < 1.29 is 9.59 Å². The highest BCUT2D eigenvalue weighted by molar-refractivity contribution is 5.83. The highest BCUT2D eigenvalue weighted by Gasteiger charge is 2.40. The quantitative estimate of drug-likeness (QED) is 0.805. The molecule has 0 aromatic carbocycles. The molecule has 2 heterocycles. The molecule has 0 spiro atoms. The zero-order chi connectivity index (χ0) is 13.2. The van der Waals surface area contributed by atoms with Gasteiger partial charge in [-0.1, -0.05) is 0 Å². The van der Waals surface area contributed by atoms with Gasteiger partial charge in [0.2, 0.25) is 5.91 Å². The van der Waals surface area contributed by atoms with E-state index >= 15 is 0 Å². The Morgan fingerprint density at radius 1 is 1.56 bits per heavy atom. The van der Waals surface area contributed by atoms with Crippen molar-refractivity contribution in [2.24, 2.45) is 5.41 Å². The summed E-state index contributed by atoms with van der Waals surface area (Å²) >= 11 is 0. The Kier molecular flexibility index (Phi) is 3.32. The molecule has 2 rings (SSSR count). The van der Waals surface area contributed by atoms with Crippen molar-refractivity contribution in [1.82, 2.24) is 10.3 Å². The van der Waals surface area contributed by atoms with Crippen LogP contribution < -0.4 is 10.2 Å². The zero-order valence-electron chi connectivity index (χ0n) is 10.6. The molecule has 96 valence electrons. The van der Waals surface area contributed by atoms with Crippen molar-refractivity contribution in [2.45, 2.75) is 13.3 Å². The van der Waals surface area contributed by atoms with E-state index in [-0.39, 0.29) is 11.3 Å². The van der Waals surface area contributed by atoms with Crippen LogP contribution in [0.5, 0.6) is 0 Å². The van der Waals surface area contributed by atoms with Crippen LogP contribution in [0.25, 0.3) is 0 Å². The van der Waals surface area contributed by atoms with Crippen molar-refractivity contribution >= 4 is 18.0 Å². The van der Waals surface area contributed by atoms with Crippen molar-refractivity contribution in [3.63, 3.8) is 0 Å². The summed E-state index contributed by atoms with van der Waals surface area (Å²) in [5.74, 6) is 0.878. The lowest BCUT2D eigenvalue weighted by Crippen LogP contribution is -2.39. The lowest BCUT2D eigenvalue weighted by molar-refractivity contribution is -0.128. The Morgan fingerprint density at radius 3 is 2.89 bits per heavy atom. The third-order valence-electron chi connectivity index (χ3n) is 3.48. The van der Waals surface area contributed by atoms with Crippen molar-refractivity contribution in [3.8, 4) is 0 Å². The molecule has 5 heteroatoms. The van der Waals surface area contributed by atoms with Gasteiger partial charge in [0, 0.05) is 31.9 Å². The predicted molar refractivity (Wildman–Crippen MR) is 68.6 cm³/mol. The topological polar surface area (TPSA) is 62.3 Å². The molecule has 18 heavy (non-hydrogen) atoms. The third kappa shape index (κ3) is 2.20. The van der Waals surface area contributed by atoms with Crippen molar-refractivity contribution in [3.05, 3.63) is 23.9 Å². The summed E-state index contributed by atoms with van der Waals surface area (Å²) in [5, 5.41) is 2.71. The van der Waals surface area contributed by atoms with Crippen LogP contribution in [0, 0.1) is 5.41 Å². The lowest BCUT2D eigenvalue weighted by Gasteiger charge is -2.23. The summed E-state index contributed by atoms with van der Waals surface area (Å²) < 4.78 is 0. The molecule has 0 saturated carbocycles. The molecule has 0 bridgehead atoms. The number of hydrogen-bond donors (Lipinski definition) is 1. The third-order valence-corrected chi connectivity index (χ3v) is 3.48. The van der Waals surface area contributed by atoms with E-state index in [1.807, 2.05) is 13.0 Å². The Balaban J connectivity index is 2.12. The zero-order valence-corrected chi connectivity index (χ0v) is 10.6. The van der Waals surface area contributed by atoms with Crippen LogP contribution in [0.4, 0.5) is 5.82 Å². The van der Waals surface area contributed by atoms with Gasteiger partial charge in [0.15, 0.2) is 6.29 Å². The standard InChI is InChI=1S/C13H17N3O2/c1-13(12(18)14-2)5-6-16(9-13)11-4-3-10(8-17)7-15-11/h3-4,7-8H,5-6,9H2,1-2H3,(H,14,18). The van der Waals surface area contributed by atoms with Crippen LogP contribution >= 0.6 is 0 Å². The van der Waals surface area contributed by atoms with E-state index in [0.29, 0.717) is 12.1 Å². The average molecular weight is 247 g/mol. The molecule has 1 aromatic rings. The summed E-state index contributed by atoms with van der Waals surface area (Å²) in [6, 6.07) is 3.56. The van der Waals surface area contributed by atoms with Gasteiger partial charge in [-0.15, -0.1) is 0 Å². The molecule has 0 aliphatic carbocycles. The number of hydrogen-bond acceptors (Lipinski definition) is 4. The van der Waals surface area contributed by atoms with Gasteiger partial charge >= 0.3 is 0 Å². The number of amides is 1. The van der Waals surface area contributed by atoms with Crippen LogP contribution in [0.2, 0.25) is 0 Å². The van der Waals surface area contributed by atoms with Gasteiger partial charge in [-0.3, -0.25) is 9.59 Å². The minimum Gasteiger partial charge on any atom is -0.359 e. The van der Waals surface area contributed by atoms with E-state index in [1.165, 1.54) is 0 Å². The van der Waals surface area contributed by atoms with E-state index in [0.717, 1.165) is 25.1 Å². The fourth-order valence-electron chi connectivity index (χ4n) is 2.30. The largest absolute Gasteiger partial charge is 0.359 e. The average Bonchev–Trinajstić information content (AvgIpc) is 2.82. The van der Waals surface area contributed by atoms with Gasteiger partial charge in [-0.05, 0) is 25.5 Å². The molecular formula is C13H17N3O2. The fourth-order valence-corrected chi connectivity index (χ4v) is 2.30. The normalized spacial score (nSPS) is 22.9. The number of pyridine rings is 1. The van der Waals surface area contributed by atoms with Gasteiger partial charge in [0.1, 0.15) is 5.82 Å². The van der Waals surface area contributed by atoms with Crippen LogP contribution in [0.1, 0.15) is 23.7 Å². The van der Waals surface area contributed by atoms with Gasteiger partial charge in [-0.25, -0.2) is 4.98 Å². The monoisotopic (exact) mass is 247 g/mol. The van der Waals surface area contributed by atoms with Gasteiger partial charge in [0.25, 0.3) is 0 Å². The molecule has 1 unspecified atom stereocenters. The Hall–Kier alpha value is -1.91. The molecule has 1 saturated heterocycles. The molecule has 1 atom stereocenters. The van der Waals surface area contributed by atoms with E-state index < -0.39 is 0 Å². The first-order valence-electron chi connectivity index (χ1n) is 5.97. The van der Waals surface area contributed by atoms with Crippen molar-refractivity contribution in [2.75, 3.05) is 25.0 Å². The number of nitrogens with zero attached hydrogens (tertiary/aromatic N) is 2. The van der Waals surface area contributed by atoms with Gasteiger partial charge < -0.3 is 10.2 Å². The number of rotatable bonds is 3. The van der Waals surface area contributed by atoms with E-state index in [2.05, 4.69) is 15.2 Å². The maximum atomic E-state index is 11.8. The number of carbonyl (C=O) groups is 2. The van der Waals surface area contributed by atoms with Crippen LogP contribution in [0.3, 0.4) is 0 Å². The second-order valence-corrected chi connectivity index (χ2v) is 4.88. The maximum absolute atomic E-state index is 11.8. The lowest BCUT2D eigenvalue weighted by atomic mass is 9.89. The predicted octanol–water partition coefficient (Wildman–Crippen LogP) is 0.856. The molecule has 1 aromatic heterocycles. The Morgan fingerprint density at radius 2 is 2.33 bits per heavy atom. The van der Waals surface area contributed by atoms with Crippen LogP contribution in [0.15, 0.2) is 18.3 Å². The number of carbonyl (C=O) groups excluding carboxylic acids is 2. The highest BCUT2D eigenvalue weighted by atomic mass is 16.2. The number of anilines is 1. The van der Waals surface area contributed by atoms with Crippen LogP contribution in [-0.2, 0) is 4.79 Å². The molecule has 0 radical (unpaired) electrons. The number of nitrogens with one attached hydrogen (secondary N) is 1. The summed E-state index contributed by atoms with van der Waals surface area (Å²) in [4.78, 5) is 28.7. The van der Waals surface area contributed by atoms with E-state index in [9.17, 15) is 9.59 Å². The minimum absolute atomic E-state index is 0.0644. The van der Waals surface area contributed by atoms with E-state index in [1.54, 1.807) is 19.3 Å². The van der Waals surface area contributed by atoms with Crippen molar-refractivity contribution in [1.29, 1.82) is 0 Å². The number of aldehydes is 1. The molecule has 1 aliphatic rings. The Labute approximate surface area is 106 Å². The summed E-state index contributed by atoms with van der Waals surface area (Å²) in [6.07, 6.45) is 3.14. The summed E-state index contributed by atoms with van der Waals surface area (Å²) in [5.41, 5.74) is 0.201. The fraction of sp³-hybridized carbons (Fsp3) is 0.462. The van der Waals surface area contributed by atoms with Gasteiger partial charge in [0.05, 0.1) is 5.41 Å². The van der Waals surface area contributed by atoms with Gasteiger partial charge in [-0.2, -0.15) is 0 Å². The first-order chi connectivity index (χ1) is 8.59. The number of aromatic nitrogens is 1. The second-order valence-electron chi connectivity index (χ2n) is 4.88. The molecule has 1 fully saturated rings. The molecular weight excluding hydrogens is 230 g/mol. The maximum Gasteiger partial charge on any atom is 0.227 e. The minimum atomic E-state index is -0.361. The SMILES string of the molecule is CNC(=O)C1(C)CCN(c2ccc(C=O)cn2)C1. The smallest absolute Gasteiger partial charge is 0.227 e. The summed E-state index contributed by atoms with van der Waals surface area (Å²) in [7, 11) is 1.66. The highest BCUT2D eigenvalue weighted by Crippen LogP contribution is 2.32.